The van der Waals surface area contributed by atoms with E-state index in [0.29, 0.717) is 13.1 Å². The lowest BCUT2D eigenvalue weighted by molar-refractivity contribution is -0.256. The molecule has 0 radical (unpaired) electrons. The second-order valence-corrected chi connectivity index (χ2v) is 6.74. The molecule has 1 aliphatic heterocycles. The number of ether oxygens (including phenoxy) is 2. The van der Waals surface area contributed by atoms with Gasteiger partial charge in [0.2, 0.25) is 0 Å². The van der Waals surface area contributed by atoms with Crippen LogP contribution in [0, 0.1) is 0 Å². The van der Waals surface area contributed by atoms with Crippen molar-refractivity contribution in [2.24, 2.45) is 0 Å². The Kier molecular flexibility index (Phi) is 5.15. The molecule has 1 fully saturated rings. The molecule has 0 bridgehead atoms. The molecule has 1 aromatic carbocycles. The van der Waals surface area contributed by atoms with Gasteiger partial charge in [-0.3, -0.25) is 0 Å². The largest absolute Gasteiger partial charge is 0.478 e. The van der Waals surface area contributed by atoms with Crippen molar-refractivity contribution in [3.8, 4) is 5.75 Å². The summed E-state index contributed by atoms with van der Waals surface area (Å²) in [5, 5.41) is 19.8. The van der Waals surface area contributed by atoms with Crippen LogP contribution in [0.25, 0.3) is 0 Å². The highest BCUT2D eigenvalue weighted by Gasteiger charge is 2.49. The molecular weight excluding hydrogens is 314 g/mol. The highest BCUT2D eigenvalue weighted by molar-refractivity contribution is 5.87. The Bertz CT molecular complexity index is 601. The zero-order valence-corrected chi connectivity index (χ0v) is 14.1. The van der Waals surface area contributed by atoms with Crippen molar-refractivity contribution >= 4 is 11.9 Å². The van der Waals surface area contributed by atoms with Crippen molar-refractivity contribution in [1.82, 2.24) is 4.90 Å². The van der Waals surface area contributed by atoms with Crippen molar-refractivity contribution < 1.29 is 29.3 Å². The lowest BCUT2D eigenvalue weighted by Crippen LogP contribution is -2.59. The number of carboxylic acid groups (broad SMARTS) is 1. The van der Waals surface area contributed by atoms with Crippen LogP contribution in [-0.2, 0) is 9.53 Å². The summed E-state index contributed by atoms with van der Waals surface area (Å²) in [5.41, 5.74) is -0.689. The second kappa shape index (κ2) is 6.78. The quantitative estimate of drug-likeness (QED) is 0.625. The number of likely N-dealkylation sites (tertiary alicyclic amines) is 1. The fourth-order valence-corrected chi connectivity index (χ4v) is 2.43. The van der Waals surface area contributed by atoms with Crippen LogP contribution in [0.2, 0.25) is 0 Å². The van der Waals surface area contributed by atoms with E-state index in [2.05, 4.69) is 0 Å². The number of rotatable bonds is 5. The lowest BCUT2D eigenvalue weighted by atomic mass is 10.2. The van der Waals surface area contributed by atoms with Crippen LogP contribution in [-0.4, -0.2) is 51.7 Å². The first-order valence-electron chi connectivity index (χ1n) is 7.85. The number of nitrogens with zero attached hydrogens (tertiary/aromatic N) is 1. The van der Waals surface area contributed by atoms with E-state index in [9.17, 15) is 14.7 Å². The Labute approximate surface area is 140 Å². The third-order valence-corrected chi connectivity index (χ3v) is 3.56. The summed E-state index contributed by atoms with van der Waals surface area (Å²) >= 11 is 0. The second-order valence-electron chi connectivity index (χ2n) is 6.74. The predicted molar refractivity (Wildman–Crippen MR) is 85.6 cm³/mol. The maximum Gasteiger partial charge on any atom is 0.398 e. The minimum atomic E-state index is -2.24. The summed E-state index contributed by atoms with van der Waals surface area (Å²) in [6.07, 6.45) is 1.68. The van der Waals surface area contributed by atoms with Gasteiger partial charge < -0.3 is 19.7 Å². The average molecular weight is 337 g/mol. The summed E-state index contributed by atoms with van der Waals surface area (Å²) in [6.45, 7) is 6.12. The summed E-state index contributed by atoms with van der Waals surface area (Å²) in [5.74, 6) is -4.02. The molecule has 1 atom stereocenters. The third-order valence-electron chi connectivity index (χ3n) is 3.56. The molecule has 7 heteroatoms. The molecule has 0 aliphatic carbocycles. The van der Waals surface area contributed by atoms with Gasteiger partial charge in [-0.2, -0.15) is 0 Å². The van der Waals surface area contributed by atoms with Crippen LogP contribution in [0.3, 0.4) is 0 Å². The van der Waals surface area contributed by atoms with E-state index in [-0.39, 0.29) is 11.3 Å². The highest BCUT2D eigenvalue weighted by atomic mass is 16.7. The average Bonchev–Trinajstić information content (AvgIpc) is 3.00. The van der Waals surface area contributed by atoms with E-state index in [1.165, 1.54) is 29.2 Å². The molecule has 1 unspecified atom stereocenters. The number of benzene rings is 1. The molecule has 1 aromatic rings. The summed E-state index contributed by atoms with van der Waals surface area (Å²) in [7, 11) is 0. The Morgan fingerprint density at radius 2 is 1.62 bits per heavy atom. The van der Waals surface area contributed by atoms with Crippen LogP contribution in [0.5, 0.6) is 5.75 Å². The van der Waals surface area contributed by atoms with Gasteiger partial charge in [-0.15, -0.1) is 0 Å². The van der Waals surface area contributed by atoms with Crippen LogP contribution >= 0.6 is 0 Å². The van der Waals surface area contributed by atoms with Gasteiger partial charge in [0.25, 0.3) is 0 Å². The van der Waals surface area contributed by atoms with Gasteiger partial charge in [-0.05, 0) is 57.9 Å². The topological polar surface area (TPSA) is 96.3 Å². The molecule has 132 valence electrons. The van der Waals surface area contributed by atoms with Crippen LogP contribution in [0.1, 0.15) is 44.0 Å². The smallest absolute Gasteiger partial charge is 0.398 e. The molecule has 1 aliphatic rings. The van der Waals surface area contributed by atoms with E-state index < -0.39 is 23.5 Å². The fourth-order valence-electron chi connectivity index (χ4n) is 2.43. The molecule has 0 amide bonds. The maximum atomic E-state index is 12.5. The number of aliphatic hydroxyl groups is 1. The summed E-state index contributed by atoms with van der Waals surface area (Å²) < 4.78 is 10.8. The lowest BCUT2D eigenvalue weighted by Gasteiger charge is -2.36. The number of carboxylic acids is 1. The van der Waals surface area contributed by atoms with E-state index in [1.54, 1.807) is 20.8 Å². The molecule has 2 N–H and O–H groups in total. The molecule has 0 aromatic heterocycles. The monoisotopic (exact) mass is 337 g/mol. The fraction of sp³-hybridized carbons (Fsp3) is 0.529. The predicted octanol–water partition coefficient (Wildman–Crippen LogP) is 1.85. The number of carbonyl (C=O) groups is 2. The molecule has 1 heterocycles. The van der Waals surface area contributed by atoms with Gasteiger partial charge in [0.05, 0.1) is 5.56 Å². The summed E-state index contributed by atoms with van der Waals surface area (Å²) in [6, 6.07) is 5.48. The van der Waals surface area contributed by atoms with Gasteiger partial charge in [0.15, 0.2) is 0 Å². The highest BCUT2D eigenvalue weighted by Crippen LogP contribution is 2.27. The molecular formula is C17H23NO6. The zero-order chi connectivity index (χ0) is 18.0. The molecule has 2 rings (SSSR count). The van der Waals surface area contributed by atoms with Crippen molar-refractivity contribution in [3.63, 3.8) is 0 Å². The van der Waals surface area contributed by atoms with E-state index in [4.69, 9.17) is 14.6 Å². The molecule has 7 nitrogen and oxygen atoms in total. The Morgan fingerprint density at radius 1 is 1.08 bits per heavy atom. The number of esters is 1. The van der Waals surface area contributed by atoms with Gasteiger partial charge in [0.1, 0.15) is 11.4 Å². The number of hydrogen-bond donors (Lipinski definition) is 2. The first-order chi connectivity index (χ1) is 11.1. The normalized spacial score (nSPS) is 18.0. The standard InChI is InChI=1S/C17H23NO6/c1-16(2,3)24-15(21)17(22,18-10-4-5-11-18)23-13-8-6-12(7-9-13)14(19)20/h6-9,22H,4-5,10-11H2,1-3H3,(H,19,20). The van der Waals surface area contributed by atoms with Crippen LogP contribution < -0.4 is 4.74 Å². The van der Waals surface area contributed by atoms with Crippen LogP contribution in [0.15, 0.2) is 24.3 Å². The van der Waals surface area contributed by atoms with Crippen molar-refractivity contribution in [1.29, 1.82) is 0 Å². The van der Waals surface area contributed by atoms with Crippen molar-refractivity contribution in [3.05, 3.63) is 29.8 Å². The number of aromatic carboxylic acids is 1. The molecule has 1 saturated heterocycles. The van der Waals surface area contributed by atoms with Gasteiger partial charge >= 0.3 is 17.8 Å². The molecule has 24 heavy (non-hydrogen) atoms. The molecule has 0 spiro atoms. The van der Waals surface area contributed by atoms with Crippen LogP contribution in [0.4, 0.5) is 0 Å². The number of carbonyl (C=O) groups excluding carboxylic acids is 1. The van der Waals surface area contributed by atoms with Gasteiger partial charge in [-0.1, -0.05) is 0 Å². The first kappa shape index (κ1) is 18.2. The Morgan fingerprint density at radius 3 is 2.08 bits per heavy atom. The summed E-state index contributed by atoms with van der Waals surface area (Å²) in [4.78, 5) is 24.9. The maximum absolute atomic E-state index is 12.5. The number of hydrogen-bond acceptors (Lipinski definition) is 6. The minimum absolute atomic E-state index is 0.0873. The third kappa shape index (κ3) is 4.24. The Hall–Kier alpha value is -2.12. The van der Waals surface area contributed by atoms with Gasteiger partial charge in [0, 0.05) is 13.1 Å². The van der Waals surface area contributed by atoms with Crippen molar-refractivity contribution in [2.75, 3.05) is 13.1 Å². The first-order valence-corrected chi connectivity index (χ1v) is 7.85. The van der Waals surface area contributed by atoms with Crippen molar-refractivity contribution in [2.45, 2.75) is 45.1 Å². The minimum Gasteiger partial charge on any atom is -0.478 e. The van der Waals surface area contributed by atoms with E-state index >= 15 is 0 Å². The SMILES string of the molecule is CC(C)(C)OC(=O)C(O)(Oc1ccc(C(=O)O)cc1)N1CCCC1. The zero-order valence-electron chi connectivity index (χ0n) is 14.1. The van der Waals surface area contributed by atoms with E-state index in [0.717, 1.165) is 12.8 Å². The Balaban J connectivity index is 2.25. The van der Waals surface area contributed by atoms with E-state index in [1.807, 2.05) is 0 Å². The van der Waals surface area contributed by atoms with Gasteiger partial charge in [-0.25, -0.2) is 14.5 Å². The molecule has 0 saturated carbocycles.